The molecule has 0 aliphatic heterocycles. The predicted molar refractivity (Wildman–Crippen MR) is 40.7 cm³/mol. The van der Waals surface area contributed by atoms with Crippen LogP contribution >= 0.6 is 0 Å². The van der Waals surface area contributed by atoms with E-state index in [4.69, 9.17) is 5.73 Å². The van der Waals surface area contributed by atoms with E-state index in [1.54, 1.807) is 12.4 Å². The number of nitrogens with two attached hydrogens (primary N) is 1. The molecule has 4 nitrogen and oxygen atoms in total. The van der Waals surface area contributed by atoms with Crippen LogP contribution in [-0.2, 0) is 0 Å². The van der Waals surface area contributed by atoms with Crippen molar-refractivity contribution in [2.75, 3.05) is 6.54 Å². The molecule has 0 aliphatic carbocycles. The summed E-state index contributed by atoms with van der Waals surface area (Å²) in [5.41, 5.74) is 5.99. The minimum atomic E-state index is -0.527. The van der Waals surface area contributed by atoms with Gasteiger partial charge in [-0.2, -0.15) is 0 Å². The highest BCUT2D eigenvalue weighted by Crippen LogP contribution is 2.11. The molecule has 1 heterocycles. The molecule has 0 saturated heterocycles. The molecule has 0 bridgehead atoms. The molecule has 0 amide bonds. The van der Waals surface area contributed by atoms with Crippen LogP contribution in [0, 0.1) is 0 Å². The number of aliphatic hydroxyl groups is 1. The molecule has 1 atom stereocenters. The number of hydrogen-bond donors (Lipinski definition) is 2. The first-order chi connectivity index (χ1) is 5.34. The predicted octanol–water partition coefficient (Wildman–Crippen LogP) is -0.141. The highest BCUT2D eigenvalue weighted by molar-refractivity contribution is 5.06. The zero-order chi connectivity index (χ0) is 8.10. The summed E-state index contributed by atoms with van der Waals surface area (Å²) in [4.78, 5) is 7.55. The number of aliphatic hydroxyl groups excluding tert-OH is 1. The number of aromatic nitrogens is 2. The Morgan fingerprint density at radius 3 is 2.64 bits per heavy atom. The molecule has 11 heavy (non-hydrogen) atoms. The quantitative estimate of drug-likeness (QED) is 0.634. The fraction of sp³-hybridized carbons (Fsp3) is 0.429. The van der Waals surface area contributed by atoms with Gasteiger partial charge in [-0.05, 0) is 13.0 Å². The Labute approximate surface area is 65.1 Å². The first kappa shape index (κ1) is 8.10. The topological polar surface area (TPSA) is 72.0 Å². The van der Waals surface area contributed by atoms with E-state index in [0.29, 0.717) is 13.0 Å². The molecule has 0 fully saturated rings. The van der Waals surface area contributed by atoms with Gasteiger partial charge in [0.05, 0.1) is 6.10 Å². The van der Waals surface area contributed by atoms with Gasteiger partial charge >= 0.3 is 0 Å². The standard InChI is InChI=1S/C7H11N3O/c8-2-1-7(11)6-3-9-5-10-4-6/h3-5,7,11H,1-2,8H2. The summed E-state index contributed by atoms with van der Waals surface area (Å²) >= 11 is 0. The van der Waals surface area contributed by atoms with Crippen molar-refractivity contribution < 1.29 is 5.11 Å². The molecule has 1 unspecified atom stereocenters. The summed E-state index contributed by atoms with van der Waals surface area (Å²) in [6.07, 6.45) is 4.63. The van der Waals surface area contributed by atoms with Crippen LogP contribution in [0.2, 0.25) is 0 Å². The monoisotopic (exact) mass is 153 g/mol. The van der Waals surface area contributed by atoms with Gasteiger partial charge in [-0.3, -0.25) is 0 Å². The van der Waals surface area contributed by atoms with Crippen molar-refractivity contribution in [2.24, 2.45) is 5.73 Å². The van der Waals surface area contributed by atoms with E-state index in [1.807, 2.05) is 0 Å². The van der Waals surface area contributed by atoms with Crippen molar-refractivity contribution in [1.29, 1.82) is 0 Å². The van der Waals surface area contributed by atoms with Gasteiger partial charge in [0.2, 0.25) is 0 Å². The van der Waals surface area contributed by atoms with E-state index in [2.05, 4.69) is 9.97 Å². The lowest BCUT2D eigenvalue weighted by molar-refractivity contribution is 0.169. The fourth-order valence-corrected chi connectivity index (χ4v) is 0.807. The van der Waals surface area contributed by atoms with Gasteiger partial charge in [0, 0.05) is 18.0 Å². The average molecular weight is 153 g/mol. The Balaban J connectivity index is 2.61. The van der Waals surface area contributed by atoms with Gasteiger partial charge in [-0.25, -0.2) is 9.97 Å². The number of hydrogen-bond acceptors (Lipinski definition) is 4. The highest BCUT2D eigenvalue weighted by Gasteiger charge is 2.04. The van der Waals surface area contributed by atoms with Crippen LogP contribution in [0.3, 0.4) is 0 Å². The van der Waals surface area contributed by atoms with E-state index >= 15 is 0 Å². The summed E-state index contributed by atoms with van der Waals surface area (Å²) in [6.45, 7) is 0.468. The first-order valence-electron chi connectivity index (χ1n) is 3.47. The molecule has 0 aliphatic rings. The maximum Gasteiger partial charge on any atom is 0.115 e. The minimum Gasteiger partial charge on any atom is -0.388 e. The molecular formula is C7H11N3O. The Hall–Kier alpha value is -1.00. The lowest BCUT2D eigenvalue weighted by Crippen LogP contribution is -2.06. The van der Waals surface area contributed by atoms with Crippen molar-refractivity contribution in [3.8, 4) is 0 Å². The zero-order valence-corrected chi connectivity index (χ0v) is 6.14. The van der Waals surface area contributed by atoms with E-state index in [0.717, 1.165) is 5.56 Å². The maximum atomic E-state index is 9.36. The summed E-state index contributed by atoms with van der Waals surface area (Å²) < 4.78 is 0. The third-order valence-corrected chi connectivity index (χ3v) is 1.41. The summed E-state index contributed by atoms with van der Waals surface area (Å²) in [5.74, 6) is 0. The smallest absolute Gasteiger partial charge is 0.115 e. The Bertz CT molecular complexity index is 202. The number of rotatable bonds is 3. The molecule has 4 heteroatoms. The summed E-state index contributed by atoms with van der Waals surface area (Å²) in [6, 6.07) is 0. The van der Waals surface area contributed by atoms with Crippen LogP contribution in [0.1, 0.15) is 18.1 Å². The largest absolute Gasteiger partial charge is 0.388 e. The Morgan fingerprint density at radius 2 is 2.09 bits per heavy atom. The third kappa shape index (κ3) is 2.25. The van der Waals surface area contributed by atoms with Crippen LogP contribution in [0.4, 0.5) is 0 Å². The second kappa shape index (κ2) is 4.00. The SMILES string of the molecule is NCCC(O)c1cncnc1. The summed E-state index contributed by atoms with van der Waals surface area (Å²) in [7, 11) is 0. The molecule has 1 aromatic rings. The Morgan fingerprint density at radius 1 is 1.45 bits per heavy atom. The van der Waals surface area contributed by atoms with Gasteiger partial charge in [0.1, 0.15) is 6.33 Å². The molecular weight excluding hydrogens is 142 g/mol. The van der Waals surface area contributed by atoms with E-state index in [9.17, 15) is 5.11 Å². The highest BCUT2D eigenvalue weighted by atomic mass is 16.3. The number of nitrogens with zero attached hydrogens (tertiary/aromatic N) is 2. The van der Waals surface area contributed by atoms with Gasteiger partial charge in [-0.1, -0.05) is 0 Å². The van der Waals surface area contributed by atoms with Crippen LogP contribution < -0.4 is 5.73 Å². The molecule has 1 rings (SSSR count). The molecule has 0 radical (unpaired) electrons. The zero-order valence-electron chi connectivity index (χ0n) is 6.14. The van der Waals surface area contributed by atoms with Crippen LogP contribution in [0.25, 0.3) is 0 Å². The van der Waals surface area contributed by atoms with E-state index in [1.165, 1.54) is 6.33 Å². The van der Waals surface area contributed by atoms with Gasteiger partial charge in [-0.15, -0.1) is 0 Å². The molecule has 0 saturated carbocycles. The van der Waals surface area contributed by atoms with Gasteiger partial charge in [0.25, 0.3) is 0 Å². The second-order valence-electron chi connectivity index (χ2n) is 2.26. The van der Waals surface area contributed by atoms with Crippen molar-refractivity contribution in [3.63, 3.8) is 0 Å². The normalized spacial score (nSPS) is 12.9. The van der Waals surface area contributed by atoms with Crippen LogP contribution in [-0.4, -0.2) is 21.6 Å². The van der Waals surface area contributed by atoms with Crippen molar-refractivity contribution in [1.82, 2.24) is 9.97 Å². The third-order valence-electron chi connectivity index (χ3n) is 1.41. The van der Waals surface area contributed by atoms with Crippen LogP contribution in [0.15, 0.2) is 18.7 Å². The van der Waals surface area contributed by atoms with Gasteiger partial charge in [0.15, 0.2) is 0 Å². The lowest BCUT2D eigenvalue weighted by atomic mass is 10.1. The van der Waals surface area contributed by atoms with Crippen molar-refractivity contribution in [2.45, 2.75) is 12.5 Å². The minimum absolute atomic E-state index is 0.468. The molecule has 3 N–H and O–H groups in total. The average Bonchev–Trinajstić information content (AvgIpc) is 2.07. The first-order valence-corrected chi connectivity index (χ1v) is 3.47. The Kier molecular flexibility index (Phi) is 2.95. The maximum absolute atomic E-state index is 9.36. The van der Waals surface area contributed by atoms with Gasteiger partial charge < -0.3 is 10.8 Å². The van der Waals surface area contributed by atoms with Crippen molar-refractivity contribution >= 4 is 0 Å². The second-order valence-corrected chi connectivity index (χ2v) is 2.26. The summed E-state index contributed by atoms with van der Waals surface area (Å²) in [5, 5.41) is 9.36. The van der Waals surface area contributed by atoms with Crippen LogP contribution in [0.5, 0.6) is 0 Å². The molecule has 0 spiro atoms. The molecule has 60 valence electrons. The molecule has 0 aromatic carbocycles. The van der Waals surface area contributed by atoms with E-state index in [-0.39, 0.29) is 0 Å². The fourth-order valence-electron chi connectivity index (χ4n) is 0.807. The van der Waals surface area contributed by atoms with E-state index < -0.39 is 6.10 Å². The lowest BCUT2D eigenvalue weighted by Gasteiger charge is -2.06. The molecule has 1 aromatic heterocycles. The van der Waals surface area contributed by atoms with Crippen molar-refractivity contribution in [3.05, 3.63) is 24.3 Å².